The average molecular weight is 280 g/mol. The van der Waals surface area contributed by atoms with Crippen molar-refractivity contribution in [2.45, 2.75) is 27.2 Å². The molecule has 0 aromatic heterocycles. The first kappa shape index (κ1) is 15.5. The summed E-state index contributed by atoms with van der Waals surface area (Å²) in [6.45, 7) is 5.95. The number of nitro benzene ring substituents is 2. The van der Waals surface area contributed by atoms with Gasteiger partial charge >= 0.3 is 5.69 Å². The molecule has 20 heavy (non-hydrogen) atoms. The Bertz CT molecular complexity index is 554. The van der Waals surface area contributed by atoms with Crippen LogP contribution in [0.3, 0.4) is 0 Å². The summed E-state index contributed by atoms with van der Waals surface area (Å²) in [5, 5.41) is 25.5. The number of benzene rings is 1. The second-order valence-electron chi connectivity index (χ2n) is 4.93. The summed E-state index contributed by atoms with van der Waals surface area (Å²) in [6, 6.07) is 3.37. The van der Waals surface area contributed by atoms with E-state index in [1.165, 1.54) is 12.1 Å². The summed E-state index contributed by atoms with van der Waals surface area (Å²) >= 11 is 0. The van der Waals surface area contributed by atoms with Crippen molar-refractivity contribution >= 4 is 23.3 Å². The van der Waals surface area contributed by atoms with Gasteiger partial charge < -0.3 is 0 Å². The topological polar surface area (TPSA) is 111 Å². The molecule has 0 atom stereocenters. The van der Waals surface area contributed by atoms with E-state index in [-0.39, 0.29) is 22.5 Å². The van der Waals surface area contributed by atoms with Crippen LogP contribution in [0.25, 0.3) is 0 Å². The number of nitrogens with zero attached hydrogens (tertiary/aromatic N) is 3. The molecule has 1 aromatic carbocycles. The fourth-order valence-corrected chi connectivity index (χ4v) is 1.25. The van der Waals surface area contributed by atoms with Crippen LogP contribution in [0.5, 0.6) is 0 Å². The van der Waals surface area contributed by atoms with Crippen LogP contribution in [0.2, 0.25) is 0 Å². The third-order valence-corrected chi connectivity index (χ3v) is 2.90. The highest BCUT2D eigenvalue weighted by molar-refractivity contribution is 5.69. The Morgan fingerprint density at radius 2 is 1.95 bits per heavy atom. The van der Waals surface area contributed by atoms with Crippen LogP contribution >= 0.6 is 0 Å². The lowest BCUT2D eigenvalue weighted by Crippen LogP contribution is -2.12. The van der Waals surface area contributed by atoms with Gasteiger partial charge in [-0.25, -0.2) is 0 Å². The molecule has 0 spiro atoms. The average Bonchev–Trinajstić information content (AvgIpc) is 2.38. The molecule has 8 heteroatoms. The highest BCUT2D eigenvalue weighted by atomic mass is 16.6. The van der Waals surface area contributed by atoms with Crippen LogP contribution < -0.4 is 5.43 Å². The van der Waals surface area contributed by atoms with Crippen LogP contribution in [0.1, 0.15) is 27.2 Å². The standard InChI is InChI=1S/C12H16N4O4/c1-4-12(2,3)8-13-14-10-6-5-9(15(17)18)7-11(10)16(19)20/h5-8,14H,4H2,1-3H3/b13-8+. The Morgan fingerprint density at radius 1 is 1.30 bits per heavy atom. The summed E-state index contributed by atoms with van der Waals surface area (Å²) in [6.07, 6.45) is 2.51. The lowest BCUT2D eigenvalue weighted by Gasteiger charge is -2.15. The number of anilines is 1. The number of hydrogen-bond donors (Lipinski definition) is 1. The second kappa shape index (κ2) is 6.09. The number of hydrazone groups is 1. The van der Waals surface area contributed by atoms with Gasteiger partial charge in [-0.3, -0.25) is 25.7 Å². The van der Waals surface area contributed by atoms with Crippen molar-refractivity contribution in [3.05, 3.63) is 38.4 Å². The molecule has 1 N–H and O–H groups in total. The van der Waals surface area contributed by atoms with Crippen LogP contribution in [0.15, 0.2) is 23.3 Å². The lowest BCUT2D eigenvalue weighted by molar-refractivity contribution is -0.393. The Labute approximate surface area is 115 Å². The quantitative estimate of drug-likeness (QED) is 0.488. The zero-order chi connectivity index (χ0) is 15.3. The molecule has 0 bridgehead atoms. The predicted octanol–water partition coefficient (Wildman–Crippen LogP) is 3.34. The number of non-ortho nitro benzene ring substituents is 1. The minimum Gasteiger partial charge on any atom is -0.272 e. The molecule has 0 aliphatic heterocycles. The van der Waals surface area contributed by atoms with E-state index in [0.29, 0.717) is 0 Å². The van der Waals surface area contributed by atoms with Crippen molar-refractivity contribution in [1.29, 1.82) is 0 Å². The smallest absolute Gasteiger partial charge is 0.272 e. The highest BCUT2D eigenvalue weighted by Crippen LogP contribution is 2.29. The Kier molecular flexibility index (Phi) is 4.73. The number of nitrogens with one attached hydrogen (secondary N) is 1. The maximum atomic E-state index is 10.9. The van der Waals surface area contributed by atoms with Gasteiger partial charge in [-0.15, -0.1) is 0 Å². The van der Waals surface area contributed by atoms with Crippen LogP contribution in [-0.2, 0) is 0 Å². The van der Waals surface area contributed by atoms with Gasteiger partial charge in [0.1, 0.15) is 5.69 Å². The monoisotopic (exact) mass is 280 g/mol. The Balaban J connectivity index is 3.01. The van der Waals surface area contributed by atoms with Gasteiger partial charge in [0.05, 0.1) is 15.9 Å². The van der Waals surface area contributed by atoms with E-state index in [2.05, 4.69) is 10.5 Å². The third kappa shape index (κ3) is 4.01. The van der Waals surface area contributed by atoms with Gasteiger partial charge in [0.25, 0.3) is 5.69 Å². The first-order chi connectivity index (χ1) is 9.26. The highest BCUT2D eigenvalue weighted by Gasteiger charge is 2.19. The van der Waals surface area contributed by atoms with Crippen LogP contribution in [0, 0.1) is 25.6 Å². The molecule has 1 aromatic rings. The zero-order valence-corrected chi connectivity index (χ0v) is 11.5. The minimum absolute atomic E-state index is 0.115. The van der Waals surface area contributed by atoms with Crippen LogP contribution in [0.4, 0.5) is 17.1 Å². The largest absolute Gasteiger partial charge is 0.301 e. The Morgan fingerprint density at radius 3 is 2.45 bits per heavy atom. The van der Waals surface area contributed by atoms with Crippen molar-refractivity contribution in [2.24, 2.45) is 10.5 Å². The normalized spacial score (nSPS) is 11.6. The number of rotatable bonds is 6. The number of nitro groups is 2. The summed E-state index contributed by atoms with van der Waals surface area (Å²) in [4.78, 5) is 20.1. The summed E-state index contributed by atoms with van der Waals surface area (Å²) < 4.78 is 0. The number of hydrogen-bond acceptors (Lipinski definition) is 6. The Hall–Kier alpha value is -2.51. The van der Waals surface area contributed by atoms with Crippen molar-refractivity contribution in [2.75, 3.05) is 5.43 Å². The van der Waals surface area contributed by atoms with Gasteiger partial charge in [-0.1, -0.05) is 20.8 Å². The molecule has 1 rings (SSSR count). The fourth-order valence-electron chi connectivity index (χ4n) is 1.25. The maximum Gasteiger partial charge on any atom is 0.301 e. The van der Waals surface area contributed by atoms with Gasteiger partial charge in [-0.2, -0.15) is 5.10 Å². The summed E-state index contributed by atoms with van der Waals surface area (Å²) in [5.41, 5.74) is 1.82. The van der Waals surface area contributed by atoms with E-state index in [1.807, 2.05) is 20.8 Å². The zero-order valence-electron chi connectivity index (χ0n) is 11.5. The first-order valence-corrected chi connectivity index (χ1v) is 6.00. The molecule has 0 aliphatic carbocycles. The molecule has 0 amide bonds. The van der Waals surface area contributed by atoms with E-state index >= 15 is 0 Å². The van der Waals surface area contributed by atoms with E-state index < -0.39 is 9.85 Å². The molecular formula is C12H16N4O4. The molecule has 0 aliphatic rings. The van der Waals surface area contributed by atoms with Crippen molar-refractivity contribution in [3.63, 3.8) is 0 Å². The molecule has 0 heterocycles. The molecule has 8 nitrogen and oxygen atoms in total. The van der Waals surface area contributed by atoms with E-state index in [1.54, 1.807) is 6.21 Å². The molecule has 0 saturated carbocycles. The predicted molar refractivity (Wildman–Crippen MR) is 75.9 cm³/mol. The minimum atomic E-state index is -0.685. The first-order valence-electron chi connectivity index (χ1n) is 6.00. The maximum absolute atomic E-state index is 10.9. The molecule has 0 unspecified atom stereocenters. The SMILES string of the molecule is CCC(C)(C)/C=N/Nc1ccc([N+](=O)[O-])cc1[N+](=O)[O-]. The van der Waals surface area contributed by atoms with Gasteiger partial charge in [0, 0.05) is 17.7 Å². The van der Waals surface area contributed by atoms with E-state index in [0.717, 1.165) is 12.5 Å². The molecule has 0 radical (unpaired) electrons. The van der Waals surface area contributed by atoms with Gasteiger partial charge in [-0.05, 0) is 12.5 Å². The van der Waals surface area contributed by atoms with Crippen LogP contribution in [-0.4, -0.2) is 16.1 Å². The summed E-state index contributed by atoms with van der Waals surface area (Å²) in [5.74, 6) is 0. The van der Waals surface area contributed by atoms with E-state index in [9.17, 15) is 20.2 Å². The summed E-state index contributed by atoms with van der Waals surface area (Å²) in [7, 11) is 0. The van der Waals surface area contributed by atoms with E-state index in [4.69, 9.17) is 0 Å². The fraction of sp³-hybridized carbons (Fsp3) is 0.417. The second-order valence-corrected chi connectivity index (χ2v) is 4.93. The molecule has 0 fully saturated rings. The van der Waals surface area contributed by atoms with Crippen molar-refractivity contribution < 1.29 is 9.85 Å². The molecule has 108 valence electrons. The molecule has 0 saturated heterocycles. The van der Waals surface area contributed by atoms with Crippen molar-refractivity contribution in [1.82, 2.24) is 0 Å². The van der Waals surface area contributed by atoms with Crippen molar-refractivity contribution in [3.8, 4) is 0 Å². The lowest BCUT2D eigenvalue weighted by atomic mass is 9.92. The third-order valence-electron chi connectivity index (χ3n) is 2.90. The van der Waals surface area contributed by atoms with Gasteiger partial charge in [0.2, 0.25) is 0 Å². The van der Waals surface area contributed by atoms with Gasteiger partial charge in [0.15, 0.2) is 0 Å². The molecular weight excluding hydrogens is 264 g/mol.